The number of hydrogen-bond donors (Lipinski definition) is 1. The largest absolute Gasteiger partial charge is 0.438 e. The van der Waals surface area contributed by atoms with E-state index in [1.807, 2.05) is 48.5 Å². The van der Waals surface area contributed by atoms with Crippen LogP contribution in [0.4, 0.5) is 0 Å². The summed E-state index contributed by atoms with van der Waals surface area (Å²) in [5.41, 5.74) is 1.64. The van der Waals surface area contributed by atoms with E-state index in [4.69, 9.17) is 4.74 Å². The molecule has 0 radical (unpaired) electrons. The number of aliphatic hydroxyl groups excluding tert-OH is 1. The van der Waals surface area contributed by atoms with Crippen molar-refractivity contribution in [1.29, 1.82) is 0 Å². The molecule has 0 aliphatic carbocycles. The Balaban J connectivity index is 2.06. The van der Waals surface area contributed by atoms with Crippen molar-refractivity contribution in [3.05, 3.63) is 63.7 Å². The molecular weight excluding hydrogens is 365 g/mol. The second-order valence-electron chi connectivity index (χ2n) is 4.33. The molecule has 1 N–H and O–H groups in total. The van der Waals surface area contributed by atoms with Gasteiger partial charge in [-0.15, -0.1) is 0 Å². The number of aliphatic hydroxyl groups is 1. The summed E-state index contributed by atoms with van der Waals surface area (Å²) in [5, 5.41) is 10.4. The van der Waals surface area contributed by atoms with E-state index < -0.39 is 0 Å². The van der Waals surface area contributed by atoms with Crippen LogP contribution in [0.5, 0.6) is 11.6 Å². The first-order valence-corrected chi connectivity index (χ1v) is 7.28. The molecular formula is C16H12INO2. The van der Waals surface area contributed by atoms with Gasteiger partial charge in [0.25, 0.3) is 0 Å². The minimum Gasteiger partial charge on any atom is -0.438 e. The third-order valence-electron chi connectivity index (χ3n) is 3.00. The van der Waals surface area contributed by atoms with Crippen LogP contribution in [0.1, 0.15) is 5.56 Å². The third kappa shape index (κ3) is 2.62. The normalized spacial score (nSPS) is 10.7. The lowest BCUT2D eigenvalue weighted by Gasteiger charge is -2.10. The summed E-state index contributed by atoms with van der Waals surface area (Å²) in [5.74, 6) is 1.26. The molecule has 3 aromatic rings. The van der Waals surface area contributed by atoms with Gasteiger partial charge in [0.1, 0.15) is 5.75 Å². The van der Waals surface area contributed by atoms with Gasteiger partial charge in [-0.2, -0.15) is 0 Å². The number of pyridine rings is 1. The van der Waals surface area contributed by atoms with E-state index >= 15 is 0 Å². The molecule has 0 atom stereocenters. The zero-order valence-corrected chi connectivity index (χ0v) is 12.7. The molecule has 0 amide bonds. The number of aromatic nitrogens is 1. The highest BCUT2D eigenvalue weighted by Gasteiger charge is 2.08. The number of benzene rings is 2. The number of hydrogen-bond acceptors (Lipinski definition) is 3. The summed E-state index contributed by atoms with van der Waals surface area (Å²) in [6, 6.07) is 17.3. The zero-order valence-electron chi connectivity index (χ0n) is 10.6. The average molecular weight is 377 g/mol. The Bertz CT molecular complexity index is 758. The Hall–Kier alpha value is -1.66. The van der Waals surface area contributed by atoms with Crippen molar-refractivity contribution in [2.75, 3.05) is 0 Å². The van der Waals surface area contributed by atoms with Gasteiger partial charge < -0.3 is 9.84 Å². The molecule has 3 rings (SSSR count). The number of ether oxygens (including phenoxy) is 1. The maximum absolute atomic E-state index is 9.50. The molecule has 0 aliphatic rings. The molecule has 0 fully saturated rings. The van der Waals surface area contributed by atoms with Crippen LogP contribution in [-0.4, -0.2) is 10.1 Å². The predicted molar refractivity (Wildman–Crippen MR) is 86.9 cm³/mol. The Kier molecular flexibility index (Phi) is 3.84. The van der Waals surface area contributed by atoms with Crippen molar-refractivity contribution < 1.29 is 9.84 Å². The highest BCUT2D eigenvalue weighted by molar-refractivity contribution is 14.1. The van der Waals surface area contributed by atoms with Crippen molar-refractivity contribution >= 4 is 33.5 Å². The Labute approximate surface area is 130 Å². The van der Waals surface area contributed by atoms with Crippen LogP contribution < -0.4 is 4.74 Å². The summed E-state index contributed by atoms with van der Waals surface area (Å²) in [6.45, 7) is -0.0364. The smallest absolute Gasteiger partial charge is 0.220 e. The van der Waals surface area contributed by atoms with E-state index in [9.17, 15) is 5.11 Å². The van der Waals surface area contributed by atoms with Crippen LogP contribution in [0, 0.1) is 3.57 Å². The Morgan fingerprint density at radius 1 is 1.05 bits per heavy atom. The van der Waals surface area contributed by atoms with Crippen molar-refractivity contribution in [2.45, 2.75) is 6.61 Å². The Morgan fingerprint density at radius 2 is 1.80 bits per heavy atom. The SMILES string of the molecule is OCc1cc(Oc2ccccc2I)nc2ccccc12. The lowest BCUT2D eigenvalue weighted by molar-refractivity contribution is 0.282. The van der Waals surface area contributed by atoms with Gasteiger partial charge in [0, 0.05) is 11.5 Å². The van der Waals surface area contributed by atoms with Gasteiger partial charge in [0.05, 0.1) is 15.7 Å². The van der Waals surface area contributed by atoms with Crippen molar-refractivity contribution in [3.8, 4) is 11.6 Å². The summed E-state index contributed by atoms with van der Waals surface area (Å²) < 4.78 is 6.85. The summed E-state index contributed by atoms with van der Waals surface area (Å²) >= 11 is 2.22. The van der Waals surface area contributed by atoms with Crippen molar-refractivity contribution in [3.63, 3.8) is 0 Å². The fourth-order valence-electron chi connectivity index (χ4n) is 2.04. The summed E-state index contributed by atoms with van der Waals surface area (Å²) in [6.07, 6.45) is 0. The van der Waals surface area contributed by atoms with E-state index in [1.165, 1.54) is 0 Å². The highest BCUT2D eigenvalue weighted by Crippen LogP contribution is 2.28. The van der Waals surface area contributed by atoms with Crippen molar-refractivity contribution in [2.24, 2.45) is 0 Å². The monoisotopic (exact) mass is 377 g/mol. The number of rotatable bonds is 3. The topological polar surface area (TPSA) is 42.4 Å². The van der Waals surface area contributed by atoms with Gasteiger partial charge in [-0.25, -0.2) is 4.98 Å². The quantitative estimate of drug-likeness (QED) is 0.699. The van der Waals surface area contributed by atoms with Crippen LogP contribution in [0.3, 0.4) is 0 Å². The van der Waals surface area contributed by atoms with Crippen LogP contribution in [0.25, 0.3) is 10.9 Å². The fourth-order valence-corrected chi connectivity index (χ4v) is 2.54. The first kappa shape index (κ1) is 13.3. The molecule has 0 saturated heterocycles. The van der Waals surface area contributed by atoms with Gasteiger partial charge in [-0.3, -0.25) is 0 Å². The molecule has 0 bridgehead atoms. The summed E-state index contributed by atoms with van der Waals surface area (Å²) in [4.78, 5) is 4.48. The third-order valence-corrected chi connectivity index (χ3v) is 3.89. The molecule has 0 saturated carbocycles. The Morgan fingerprint density at radius 3 is 2.60 bits per heavy atom. The molecule has 3 nitrogen and oxygen atoms in total. The molecule has 1 heterocycles. The summed E-state index contributed by atoms with van der Waals surface area (Å²) in [7, 11) is 0. The van der Waals surface area contributed by atoms with Crippen molar-refractivity contribution in [1.82, 2.24) is 4.98 Å². The zero-order chi connectivity index (χ0) is 13.9. The number of nitrogens with zero attached hydrogens (tertiary/aromatic N) is 1. The molecule has 0 aliphatic heterocycles. The molecule has 1 aromatic heterocycles. The molecule has 0 unspecified atom stereocenters. The van der Waals surface area contributed by atoms with Gasteiger partial charge in [-0.05, 0) is 46.4 Å². The predicted octanol–water partition coefficient (Wildman–Crippen LogP) is 4.12. The number of para-hydroxylation sites is 2. The minimum absolute atomic E-state index is 0.0364. The van der Waals surface area contributed by atoms with E-state index in [0.717, 1.165) is 25.8 Å². The van der Waals surface area contributed by atoms with E-state index in [-0.39, 0.29) is 6.61 Å². The lowest BCUT2D eigenvalue weighted by atomic mass is 10.1. The van der Waals surface area contributed by atoms with Gasteiger partial charge in [-0.1, -0.05) is 30.3 Å². The second kappa shape index (κ2) is 5.76. The lowest BCUT2D eigenvalue weighted by Crippen LogP contribution is -1.94. The van der Waals surface area contributed by atoms with Gasteiger partial charge in [0.2, 0.25) is 5.88 Å². The average Bonchev–Trinajstić information content (AvgIpc) is 2.49. The van der Waals surface area contributed by atoms with E-state index in [0.29, 0.717) is 5.88 Å². The second-order valence-corrected chi connectivity index (χ2v) is 5.49. The molecule has 2 aromatic carbocycles. The van der Waals surface area contributed by atoms with Gasteiger partial charge in [0.15, 0.2) is 0 Å². The van der Waals surface area contributed by atoms with Crippen LogP contribution in [0.15, 0.2) is 54.6 Å². The fraction of sp³-hybridized carbons (Fsp3) is 0.0625. The van der Waals surface area contributed by atoms with Crippen LogP contribution in [0.2, 0.25) is 0 Å². The van der Waals surface area contributed by atoms with Crippen LogP contribution >= 0.6 is 22.6 Å². The molecule has 20 heavy (non-hydrogen) atoms. The maximum atomic E-state index is 9.50. The minimum atomic E-state index is -0.0364. The first-order chi connectivity index (χ1) is 9.78. The molecule has 4 heteroatoms. The standard InChI is InChI=1S/C16H12INO2/c17-13-6-2-4-8-15(13)20-16-9-11(10-19)12-5-1-3-7-14(12)18-16/h1-9,19H,10H2. The van der Waals surface area contributed by atoms with Gasteiger partial charge >= 0.3 is 0 Å². The first-order valence-electron chi connectivity index (χ1n) is 6.20. The molecule has 100 valence electrons. The highest BCUT2D eigenvalue weighted by atomic mass is 127. The maximum Gasteiger partial charge on any atom is 0.220 e. The number of fused-ring (bicyclic) bond motifs is 1. The molecule has 0 spiro atoms. The van der Waals surface area contributed by atoms with Crippen LogP contribution in [-0.2, 0) is 6.61 Å². The van der Waals surface area contributed by atoms with E-state index in [2.05, 4.69) is 27.6 Å². The number of halogens is 1. The van der Waals surface area contributed by atoms with E-state index in [1.54, 1.807) is 6.07 Å².